The van der Waals surface area contributed by atoms with Crippen molar-refractivity contribution < 1.29 is 14.0 Å². The molecule has 2 aliphatic rings. The average molecular weight is 385 g/mol. The van der Waals surface area contributed by atoms with Gasteiger partial charge in [-0.25, -0.2) is 0 Å². The molecule has 6 heteroatoms. The van der Waals surface area contributed by atoms with Crippen molar-refractivity contribution in [2.75, 3.05) is 16.8 Å². The number of carbonyl (C=O) groups excluding carboxylic acids is 2. The van der Waals surface area contributed by atoms with Crippen LogP contribution in [0.5, 0.6) is 0 Å². The molecule has 0 unspecified atom stereocenters. The maximum absolute atomic E-state index is 13.8. The van der Waals surface area contributed by atoms with Crippen molar-refractivity contribution in [1.82, 2.24) is 4.90 Å². The number of nitrogens with one attached hydrogen (secondary N) is 1. The molecule has 3 aromatic rings. The summed E-state index contributed by atoms with van der Waals surface area (Å²) in [5, 5.41) is 3.40. The second-order valence-corrected chi connectivity index (χ2v) is 7.07. The van der Waals surface area contributed by atoms with Crippen LogP contribution in [0, 0.1) is 0 Å². The number of anilines is 2. The summed E-state index contributed by atoms with van der Waals surface area (Å²) in [4.78, 5) is 30.6. The highest BCUT2D eigenvalue weighted by Gasteiger charge is 2.58. The topological polar surface area (TPSA) is 65.8 Å². The molecule has 29 heavy (non-hydrogen) atoms. The zero-order chi connectivity index (χ0) is 20.0. The van der Waals surface area contributed by atoms with Crippen LogP contribution in [0.15, 0.2) is 84.0 Å². The van der Waals surface area contributed by atoms with Crippen molar-refractivity contribution >= 4 is 23.2 Å². The first-order valence-corrected chi connectivity index (χ1v) is 9.41. The molecule has 1 spiro atoms. The van der Waals surface area contributed by atoms with Crippen LogP contribution in [-0.2, 0) is 17.0 Å². The van der Waals surface area contributed by atoms with Crippen LogP contribution >= 0.6 is 0 Å². The summed E-state index contributed by atoms with van der Waals surface area (Å²) < 4.78 is 5.51. The number of rotatable bonds is 4. The Morgan fingerprint density at radius 3 is 2.62 bits per heavy atom. The van der Waals surface area contributed by atoms with Crippen molar-refractivity contribution in [3.8, 4) is 0 Å². The van der Waals surface area contributed by atoms with Gasteiger partial charge >= 0.3 is 0 Å². The predicted octanol–water partition coefficient (Wildman–Crippen LogP) is 3.73. The quantitative estimate of drug-likeness (QED) is 0.695. The number of furan rings is 1. The van der Waals surface area contributed by atoms with Crippen LogP contribution in [0.1, 0.15) is 21.7 Å². The molecule has 6 nitrogen and oxygen atoms in total. The second kappa shape index (κ2) is 6.38. The molecule has 0 bridgehead atoms. The number of para-hydroxylation sites is 2. The van der Waals surface area contributed by atoms with Gasteiger partial charge in [-0.1, -0.05) is 36.4 Å². The molecule has 2 amide bonds. The Morgan fingerprint density at radius 1 is 1.03 bits per heavy atom. The van der Waals surface area contributed by atoms with Crippen molar-refractivity contribution in [1.29, 1.82) is 0 Å². The molecule has 5 rings (SSSR count). The number of carbonyl (C=O) groups is 2. The van der Waals surface area contributed by atoms with E-state index in [0.29, 0.717) is 23.6 Å². The molecular formula is C23H19N3O3. The molecule has 0 radical (unpaired) electrons. The van der Waals surface area contributed by atoms with Crippen molar-refractivity contribution in [2.24, 2.45) is 0 Å². The lowest BCUT2D eigenvalue weighted by Gasteiger charge is -2.44. The molecule has 0 aliphatic carbocycles. The van der Waals surface area contributed by atoms with Crippen LogP contribution in [0.2, 0.25) is 0 Å². The maximum Gasteiger partial charge on any atom is 0.279 e. The summed E-state index contributed by atoms with van der Waals surface area (Å²) in [6, 6.07) is 18.4. The van der Waals surface area contributed by atoms with Crippen LogP contribution in [-0.4, -0.2) is 23.3 Å². The Hall–Kier alpha value is -3.80. The number of fused-ring (bicyclic) bond motifs is 3. The van der Waals surface area contributed by atoms with Gasteiger partial charge in [-0.15, -0.1) is 6.58 Å². The van der Waals surface area contributed by atoms with E-state index in [2.05, 4.69) is 11.9 Å². The van der Waals surface area contributed by atoms with E-state index < -0.39 is 5.66 Å². The Bertz CT molecular complexity index is 1120. The molecule has 1 aromatic heterocycles. The number of hydrogen-bond donors (Lipinski definition) is 1. The number of benzene rings is 2. The Labute approximate surface area is 168 Å². The minimum atomic E-state index is -1.35. The fourth-order valence-electron chi connectivity index (χ4n) is 4.21. The lowest BCUT2D eigenvalue weighted by atomic mass is 9.93. The lowest BCUT2D eigenvalue weighted by Crippen LogP contribution is -2.62. The summed E-state index contributed by atoms with van der Waals surface area (Å²) in [6.07, 6.45) is 3.25. The van der Waals surface area contributed by atoms with Gasteiger partial charge in [0.25, 0.3) is 11.8 Å². The van der Waals surface area contributed by atoms with E-state index >= 15 is 0 Å². The van der Waals surface area contributed by atoms with Gasteiger partial charge in [-0.05, 0) is 30.3 Å². The highest BCUT2D eigenvalue weighted by molar-refractivity contribution is 6.15. The van der Waals surface area contributed by atoms with Crippen molar-refractivity contribution in [3.63, 3.8) is 0 Å². The van der Waals surface area contributed by atoms with Gasteiger partial charge in [0.1, 0.15) is 5.76 Å². The third-order valence-electron chi connectivity index (χ3n) is 5.47. The predicted molar refractivity (Wildman–Crippen MR) is 109 cm³/mol. The zero-order valence-corrected chi connectivity index (χ0v) is 15.7. The smallest absolute Gasteiger partial charge is 0.279 e. The van der Waals surface area contributed by atoms with Gasteiger partial charge in [0, 0.05) is 17.8 Å². The SMILES string of the molecule is C=CCN1C(=O)[C@@]2(Nc3ccccc3C(=O)N2Cc2ccco2)c2ccccc21. The maximum atomic E-state index is 13.8. The highest BCUT2D eigenvalue weighted by atomic mass is 16.3. The van der Waals surface area contributed by atoms with Gasteiger partial charge in [0.2, 0.25) is 5.66 Å². The largest absolute Gasteiger partial charge is 0.467 e. The second-order valence-electron chi connectivity index (χ2n) is 7.07. The first kappa shape index (κ1) is 17.3. The van der Waals surface area contributed by atoms with Crippen LogP contribution in [0.25, 0.3) is 0 Å². The summed E-state index contributed by atoms with van der Waals surface area (Å²) >= 11 is 0. The van der Waals surface area contributed by atoms with Gasteiger partial charge in [0.15, 0.2) is 0 Å². The van der Waals surface area contributed by atoms with Gasteiger partial charge in [-0.2, -0.15) is 0 Å². The minimum Gasteiger partial charge on any atom is -0.467 e. The first-order valence-electron chi connectivity index (χ1n) is 9.41. The normalized spacial score (nSPS) is 19.9. The first-order chi connectivity index (χ1) is 14.2. The molecule has 0 fully saturated rings. The monoisotopic (exact) mass is 385 g/mol. The number of amides is 2. The third kappa shape index (κ3) is 2.35. The van der Waals surface area contributed by atoms with E-state index in [-0.39, 0.29) is 18.4 Å². The Morgan fingerprint density at radius 2 is 1.83 bits per heavy atom. The average Bonchev–Trinajstić information content (AvgIpc) is 3.33. The van der Waals surface area contributed by atoms with E-state index in [1.165, 1.54) is 0 Å². The number of hydrogen-bond acceptors (Lipinski definition) is 4. The van der Waals surface area contributed by atoms with Gasteiger partial charge in [-0.3, -0.25) is 14.5 Å². The van der Waals surface area contributed by atoms with Crippen LogP contribution in [0.3, 0.4) is 0 Å². The minimum absolute atomic E-state index is 0.162. The van der Waals surface area contributed by atoms with E-state index in [0.717, 1.165) is 11.3 Å². The van der Waals surface area contributed by atoms with Crippen molar-refractivity contribution in [2.45, 2.75) is 12.2 Å². The molecule has 0 saturated carbocycles. The summed E-state index contributed by atoms with van der Waals surface area (Å²) in [5.74, 6) is 0.165. The number of nitrogens with zero attached hydrogens (tertiary/aromatic N) is 2. The van der Waals surface area contributed by atoms with E-state index in [9.17, 15) is 9.59 Å². The zero-order valence-electron chi connectivity index (χ0n) is 15.7. The summed E-state index contributed by atoms with van der Waals surface area (Å²) in [7, 11) is 0. The van der Waals surface area contributed by atoms with Crippen molar-refractivity contribution in [3.05, 3.63) is 96.5 Å². The molecule has 0 saturated heterocycles. The molecular weight excluding hydrogens is 366 g/mol. The molecule has 3 heterocycles. The van der Waals surface area contributed by atoms with Gasteiger partial charge in [0.05, 0.1) is 24.1 Å². The Kier molecular flexibility index (Phi) is 3.81. The van der Waals surface area contributed by atoms with E-state index in [1.807, 2.05) is 42.5 Å². The molecule has 144 valence electrons. The fourth-order valence-corrected chi connectivity index (χ4v) is 4.21. The summed E-state index contributed by atoms with van der Waals surface area (Å²) in [5.41, 5.74) is 1.31. The van der Waals surface area contributed by atoms with Gasteiger partial charge < -0.3 is 14.6 Å². The highest BCUT2D eigenvalue weighted by Crippen LogP contribution is 2.48. The molecule has 2 aliphatic heterocycles. The standard InChI is InChI=1S/C23H19N3O3/c1-2-13-25-20-12-6-4-10-18(20)23(22(25)28)24-19-11-5-3-9-17(19)21(27)26(23)15-16-8-7-14-29-16/h2-12,14,24H,1,13,15H2/t23-/m1/s1. The summed E-state index contributed by atoms with van der Waals surface area (Å²) in [6.45, 7) is 4.30. The lowest BCUT2D eigenvalue weighted by molar-refractivity contribution is -0.127. The fraction of sp³-hybridized carbons (Fsp3) is 0.130. The molecule has 1 atom stereocenters. The molecule has 2 aromatic carbocycles. The third-order valence-corrected chi connectivity index (χ3v) is 5.47. The van der Waals surface area contributed by atoms with E-state index in [1.54, 1.807) is 40.3 Å². The van der Waals surface area contributed by atoms with Crippen LogP contribution < -0.4 is 10.2 Å². The molecule has 1 N–H and O–H groups in total. The van der Waals surface area contributed by atoms with E-state index in [4.69, 9.17) is 4.42 Å². The van der Waals surface area contributed by atoms with Crippen LogP contribution in [0.4, 0.5) is 11.4 Å². The Balaban J connectivity index is 1.75.